The van der Waals surface area contributed by atoms with E-state index >= 15 is 0 Å². The van der Waals surface area contributed by atoms with Gasteiger partial charge in [-0.15, -0.1) is 0 Å². The molecule has 0 bridgehead atoms. The van der Waals surface area contributed by atoms with Gasteiger partial charge in [-0.1, -0.05) is 45.4 Å². The number of halogens is 1. The van der Waals surface area contributed by atoms with E-state index in [0.29, 0.717) is 24.5 Å². The molecule has 2 aromatic rings. The maximum atomic E-state index is 12.5. The van der Waals surface area contributed by atoms with Crippen LogP contribution in [0.5, 0.6) is 0 Å². The van der Waals surface area contributed by atoms with Crippen LogP contribution in [0.15, 0.2) is 31.3 Å². The molecule has 0 fully saturated rings. The van der Waals surface area contributed by atoms with Gasteiger partial charge in [-0.3, -0.25) is 18.7 Å². The first-order valence-electron chi connectivity index (χ1n) is 17.0. The van der Waals surface area contributed by atoms with Gasteiger partial charge in [0, 0.05) is 50.7 Å². The predicted octanol–water partition coefficient (Wildman–Crippen LogP) is 2.05. The Labute approximate surface area is 275 Å². The van der Waals surface area contributed by atoms with Gasteiger partial charge >= 0.3 is 11.4 Å². The third-order valence-electron chi connectivity index (χ3n) is 9.48. The highest BCUT2D eigenvalue weighted by Crippen LogP contribution is 2.17. The molecule has 2 heterocycles. The standard InChI is InChI=1S/C34H60N5O4.BrH/c1-7-9-10-11-12-13-14-19-24-39(8-2,25-20-15-17-22-37-31(40)27-29(3)35(5)33(37)42)26-21-16-18-23-38-32(41)28-30(4)36(6)34(38)43;/h27-28H,7-26H2,1-6H3;1H/q+1;/p-1. The summed E-state index contributed by atoms with van der Waals surface area (Å²) in [6, 6.07) is 3.08. The molecule has 0 aliphatic heterocycles. The van der Waals surface area contributed by atoms with E-state index in [9.17, 15) is 19.2 Å². The zero-order chi connectivity index (χ0) is 31.8. The summed E-state index contributed by atoms with van der Waals surface area (Å²) in [6.07, 6.45) is 16.3. The molecule has 0 radical (unpaired) electrons. The lowest BCUT2D eigenvalue weighted by molar-refractivity contribution is -0.927. The highest BCUT2D eigenvalue weighted by molar-refractivity contribution is 5.00. The Morgan fingerprint density at radius 1 is 0.545 bits per heavy atom. The molecule has 0 spiro atoms. The third-order valence-corrected chi connectivity index (χ3v) is 9.48. The maximum Gasteiger partial charge on any atom is 0.330 e. The van der Waals surface area contributed by atoms with E-state index in [1.807, 2.05) is 0 Å². The summed E-state index contributed by atoms with van der Waals surface area (Å²) in [5.41, 5.74) is 0.490. The van der Waals surface area contributed by atoms with Gasteiger partial charge in [0.1, 0.15) is 0 Å². The topological polar surface area (TPSA) is 88.0 Å². The summed E-state index contributed by atoms with van der Waals surface area (Å²) in [6.45, 7) is 13.5. The van der Waals surface area contributed by atoms with Crippen LogP contribution in [0.1, 0.15) is 115 Å². The largest absolute Gasteiger partial charge is 1.00 e. The second-order valence-electron chi connectivity index (χ2n) is 12.7. The number of nitrogens with zero attached hydrogens (tertiary/aromatic N) is 5. The molecular formula is C34H60BrN5O4. The Bertz CT molecular complexity index is 1270. The van der Waals surface area contributed by atoms with E-state index in [0.717, 1.165) is 62.6 Å². The molecule has 0 saturated carbocycles. The number of quaternary nitrogens is 1. The van der Waals surface area contributed by atoms with Crippen molar-refractivity contribution in [2.75, 3.05) is 26.2 Å². The quantitative estimate of drug-likeness (QED) is 0.141. The molecule has 10 heteroatoms. The van der Waals surface area contributed by atoms with Gasteiger partial charge in [0.05, 0.1) is 26.2 Å². The average Bonchev–Trinajstić information content (AvgIpc) is 2.98. The number of unbranched alkanes of at least 4 members (excludes halogenated alkanes) is 11. The molecule has 252 valence electrons. The van der Waals surface area contributed by atoms with Crippen molar-refractivity contribution in [3.8, 4) is 0 Å². The minimum absolute atomic E-state index is 0. The van der Waals surface area contributed by atoms with Gasteiger partial charge < -0.3 is 30.6 Å². The molecule has 0 saturated heterocycles. The van der Waals surface area contributed by atoms with Crippen LogP contribution in [0.25, 0.3) is 0 Å². The number of rotatable bonds is 22. The first kappa shape index (κ1) is 39.8. The van der Waals surface area contributed by atoms with E-state index in [4.69, 9.17) is 0 Å². The molecule has 0 atom stereocenters. The summed E-state index contributed by atoms with van der Waals surface area (Å²) >= 11 is 0. The first-order valence-corrected chi connectivity index (χ1v) is 17.0. The lowest BCUT2D eigenvalue weighted by atomic mass is 10.1. The number of aryl methyl sites for hydroxylation is 2. The Morgan fingerprint density at radius 3 is 1.25 bits per heavy atom. The van der Waals surface area contributed by atoms with Crippen molar-refractivity contribution >= 4 is 0 Å². The molecule has 0 aromatic carbocycles. The minimum atomic E-state index is -0.232. The van der Waals surface area contributed by atoms with E-state index in [1.54, 1.807) is 27.9 Å². The molecule has 2 rings (SSSR count). The number of aromatic nitrogens is 4. The van der Waals surface area contributed by atoms with Crippen LogP contribution in [0.2, 0.25) is 0 Å². The second-order valence-corrected chi connectivity index (χ2v) is 12.7. The highest BCUT2D eigenvalue weighted by Gasteiger charge is 2.24. The van der Waals surface area contributed by atoms with Crippen molar-refractivity contribution in [3.63, 3.8) is 0 Å². The van der Waals surface area contributed by atoms with Crippen molar-refractivity contribution < 1.29 is 21.5 Å². The van der Waals surface area contributed by atoms with Gasteiger partial charge in [0.15, 0.2) is 0 Å². The molecule has 0 aliphatic rings. The monoisotopic (exact) mass is 681 g/mol. The fourth-order valence-corrected chi connectivity index (χ4v) is 6.15. The van der Waals surface area contributed by atoms with Crippen LogP contribution in [-0.4, -0.2) is 48.9 Å². The Kier molecular flexibility index (Phi) is 18.8. The fourth-order valence-electron chi connectivity index (χ4n) is 6.15. The third kappa shape index (κ3) is 12.3. The second kappa shape index (κ2) is 20.8. The maximum absolute atomic E-state index is 12.5. The van der Waals surface area contributed by atoms with E-state index in [2.05, 4.69) is 13.8 Å². The lowest BCUT2D eigenvalue weighted by Crippen LogP contribution is -3.00. The summed E-state index contributed by atoms with van der Waals surface area (Å²) in [4.78, 5) is 49.8. The molecule has 0 aliphatic carbocycles. The van der Waals surface area contributed by atoms with E-state index < -0.39 is 0 Å². The predicted molar refractivity (Wildman–Crippen MR) is 177 cm³/mol. The molecule has 9 nitrogen and oxygen atoms in total. The molecule has 0 N–H and O–H groups in total. The van der Waals surface area contributed by atoms with E-state index in [-0.39, 0.29) is 39.5 Å². The summed E-state index contributed by atoms with van der Waals surface area (Å²) < 4.78 is 6.90. The Morgan fingerprint density at radius 2 is 0.886 bits per heavy atom. The Balaban J connectivity index is 0.00000968. The zero-order valence-electron chi connectivity index (χ0n) is 28.5. The van der Waals surface area contributed by atoms with E-state index in [1.165, 1.54) is 88.3 Å². The van der Waals surface area contributed by atoms with Gasteiger partial charge in [-0.2, -0.15) is 0 Å². The SMILES string of the molecule is CCCCCCCCCC[N+](CC)(CCCCCn1c(=O)cc(C)n(C)c1=O)CCCCCn1c(=O)cc(C)n(C)c1=O.[Br-]. The van der Waals surface area contributed by atoms with Crippen LogP contribution in [0.3, 0.4) is 0 Å². The Hall–Kier alpha value is -2.20. The number of hydrogen-bond acceptors (Lipinski definition) is 4. The minimum Gasteiger partial charge on any atom is -1.00 e. The normalized spacial score (nSPS) is 11.6. The van der Waals surface area contributed by atoms with Crippen LogP contribution in [-0.2, 0) is 27.2 Å². The average molecular weight is 683 g/mol. The summed E-state index contributed by atoms with van der Waals surface area (Å²) in [7, 11) is 3.43. The first-order chi connectivity index (χ1) is 20.6. The summed E-state index contributed by atoms with van der Waals surface area (Å²) in [5.74, 6) is 0. The molecule has 2 aromatic heterocycles. The van der Waals surface area contributed by atoms with Gasteiger partial charge in [0.25, 0.3) is 11.1 Å². The highest BCUT2D eigenvalue weighted by atomic mass is 79.9. The zero-order valence-corrected chi connectivity index (χ0v) is 30.1. The fraction of sp³-hybridized carbons (Fsp3) is 0.765. The van der Waals surface area contributed by atoms with Crippen molar-refractivity contribution in [3.05, 3.63) is 65.2 Å². The van der Waals surface area contributed by atoms with Gasteiger partial charge in [-0.05, 0) is 72.1 Å². The van der Waals surface area contributed by atoms with Crippen LogP contribution < -0.4 is 39.5 Å². The van der Waals surface area contributed by atoms with Crippen molar-refractivity contribution in [2.45, 2.75) is 131 Å². The molecular weight excluding hydrogens is 622 g/mol. The molecule has 0 amide bonds. The van der Waals surface area contributed by atoms with Crippen LogP contribution in [0.4, 0.5) is 0 Å². The summed E-state index contributed by atoms with van der Waals surface area (Å²) in [5, 5.41) is 0. The lowest BCUT2D eigenvalue weighted by Gasteiger charge is -2.38. The van der Waals surface area contributed by atoms with Gasteiger partial charge in [-0.25, -0.2) is 9.59 Å². The van der Waals surface area contributed by atoms with Gasteiger partial charge in [0.2, 0.25) is 0 Å². The van der Waals surface area contributed by atoms with Crippen molar-refractivity contribution in [2.24, 2.45) is 14.1 Å². The smallest absolute Gasteiger partial charge is 0.330 e. The number of hydrogen-bond donors (Lipinski definition) is 0. The van der Waals surface area contributed by atoms with Crippen molar-refractivity contribution in [1.29, 1.82) is 0 Å². The van der Waals surface area contributed by atoms with Crippen molar-refractivity contribution in [1.82, 2.24) is 18.3 Å². The van der Waals surface area contributed by atoms with Crippen LogP contribution in [0, 0.1) is 13.8 Å². The van der Waals surface area contributed by atoms with Crippen LogP contribution >= 0.6 is 0 Å². The molecule has 44 heavy (non-hydrogen) atoms. The molecule has 0 unspecified atom stereocenters.